The molecule has 0 radical (unpaired) electrons. The fourth-order valence-electron chi connectivity index (χ4n) is 2.19. The molecule has 0 fully saturated rings. The predicted octanol–water partition coefficient (Wildman–Crippen LogP) is 5.27. The quantitative estimate of drug-likeness (QED) is 0.646. The van der Waals surface area contributed by atoms with Gasteiger partial charge in [-0.2, -0.15) is 13.2 Å². The number of pyridine rings is 1. The molecule has 0 amide bonds. The molecule has 112 valence electrons. The summed E-state index contributed by atoms with van der Waals surface area (Å²) in [6.07, 6.45) is -3.55. The average molecular weight is 286 g/mol. The molecule has 0 unspecified atom stereocenters. The van der Waals surface area contributed by atoms with Crippen molar-refractivity contribution >= 4 is 11.5 Å². The molecule has 0 aliphatic heterocycles. The van der Waals surface area contributed by atoms with E-state index in [0.717, 1.165) is 18.0 Å². The summed E-state index contributed by atoms with van der Waals surface area (Å²) in [5, 5.41) is 0. The van der Waals surface area contributed by atoms with Gasteiger partial charge in [0.15, 0.2) is 5.82 Å². The van der Waals surface area contributed by atoms with Gasteiger partial charge in [-0.1, -0.05) is 41.5 Å². The average Bonchev–Trinajstić information content (AvgIpc) is 2.22. The molecule has 0 aliphatic rings. The van der Waals surface area contributed by atoms with Gasteiger partial charge in [-0.3, -0.25) is 0 Å². The Morgan fingerprint density at radius 2 is 1.45 bits per heavy atom. The second-order valence-electron chi connectivity index (χ2n) is 6.86. The molecule has 0 bridgehead atoms. The largest absolute Gasteiger partial charge is 0.417 e. The zero-order valence-corrected chi connectivity index (χ0v) is 12.8. The van der Waals surface area contributed by atoms with E-state index in [1.54, 1.807) is 0 Å². The van der Waals surface area contributed by atoms with Gasteiger partial charge in [-0.25, -0.2) is 9.98 Å². The van der Waals surface area contributed by atoms with Gasteiger partial charge in [0.05, 0.1) is 5.56 Å². The monoisotopic (exact) mass is 286 g/mol. The number of aliphatic imine (C=N–C) groups is 1. The summed E-state index contributed by atoms with van der Waals surface area (Å²) in [5.74, 6) is 0.304. The molecule has 0 N–H and O–H groups in total. The fourth-order valence-corrected chi connectivity index (χ4v) is 2.19. The highest BCUT2D eigenvalue weighted by Crippen LogP contribution is 2.33. The van der Waals surface area contributed by atoms with Crippen LogP contribution in [-0.2, 0) is 6.18 Å². The summed E-state index contributed by atoms with van der Waals surface area (Å²) >= 11 is 0. The van der Waals surface area contributed by atoms with Crippen LogP contribution in [0.1, 0.15) is 47.1 Å². The lowest BCUT2D eigenvalue weighted by atomic mass is 9.75. The van der Waals surface area contributed by atoms with Gasteiger partial charge in [0.1, 0.15) is 0 Å². The number of nitrogens with zero attached hydrogens (tertiary/aromatic N) is 2. The summed E-state index contributed by atoms with van der Waals surface area (Å²) < 4.78 is 37.5. The van der Waals surface area contributed by atoms with Crippen molar-refractivity contribution in [3.8, 4) is 0 Å². The topological polar surface area (TPSA) is 25.2 Å². The van der Waals surface area contributed by atoms with Gasteiger partial charge in [0.2, 0.25) is 0 Å². The van der Waals surface area contributed by atoms with Crippen LogP contribution in [0, 0.1) is 10.8 Å². The second-order valence-corrected chi connectivity index (χ2v) is 6.86. The maximum absolute atomic E-state index is 12.5. The van der Waals surface area contributed by atoms with Crippen LogP contribution >= 0.6 is 0 Å². The van der Waals surface area contributed by atoms with Crippen LogP contribution in [0.3, 0.4) is 0 Å². The van der Waals surface area contributed by atoms with Crippen LogP contribution in [0.25, 0.3) is 0 Å². The van der Waals surface area contributed by atoms with Gasteiger partial charge in [-0.05, 0) is 12.1 Å². The summed E-state index contributed by atoms with van der Waals surface area (Å²) in [5.41, 5.74) is -0.215. The lowest BCUT2D eigenvalue weighted by molar-refractivity contribution is -0.137. The highest BCUT2D eigenvalue weighted by Gasteiger charge is 2.32. The van der Waals surface area contributed by atoms with Crippen molar-refractivity contribution in [1.82, 2.24) is 4.98 Å². The number of hydrogen-bond acceptors (Lipinski definition) is 2. The molecule has 20 heavy (non-hydrogen) atoms. The van der Waals surface area contributed by atoms with Crippen molar-refractivity contribution in [1.29, 1.82) is 0 Å². The maximum Gasteiger partial charge on any atom is 0.417 e. The van der Waals surface area contributed by atoms with Crippen molar-refractivity contribution in [2.45, 2.75) is 47.7 Å². The zero-order chi connectivity index (χ0) is 15.8. The molecule has 0 aliphatic carbocycles. The second kappa shape index (κ2) is 5.19. The Morgan fingerprint density at radius 1 is 0.950 bits per heavy atom. The smallest absolute Gasteiger partial charge is 0.237 e. The van der Waals surface area contributed by atoms with E-state index in [1.807, 2.05) is 41.5 Å². The van der Waals surface area contributed by atoms with E-state index in [0.29, 0.717) is 5.82 Å². The fraction of sp³-hybridized carbons (Fsp3) is 0.600. The minimum absolute atomic E-state index is 0.178. The number of alkyl halides is 3. The number of aromatic nitrogens is 1. The first kappa shape index (κ1) is 16.7. The summed E-state index contributed by atoms with van der Waals surface area (Å²) in [4.78, 5) is 8.27. The highest BCUT2D eigenvalue weighted by atomic mass is 19.4. The Labute approximate surface area is 118 Å². The minimum Gasteiger partial charge on any atom is -0.237 e. The summed E-state index contributed by atoms with van der Waals surface area (Å²) in [6, 6.07) is 2.31. The van der Waals surface area contributed by atoms with Crippen LogP contribution in [0.15, 0.2) is 23.3 Å². The Morgan fingerprint density at radius 3 is 1.75 bits per heavy atom. The van der Waals surface area contributed by atoms with E-state index in [-0.39, 0.29) is 10.8 Å². The van der Waals surface area contributed by atoms with Gasteiger partial charge in [0.25, 0.3) is 0 Å². The number of rotatable bonds is 1. The van der Waals surface area contributed by atoms with Crippen molar-refractivity contribution in [2.24, 2.45) is 15.8 Å². The summed E-state index contributed by atoms with van der Waals surface area (Å²) in [6.45, 7) is 12.2. The predicted molar refractivity (Wildman–Crippen MR) is 75.2 cm³/mol. The standard InChI is InChI=1S/C15H21F3N2/c1-13(2,3)12(14(4,5)6)20-11-8-7-10(9-19-11)15(16,17)18/h7-9H,1-6H3. The molecule has 5 heteroatoms. The maximum atomic E-state index is 12.5. The lowest BCUT2D eigenvalue weighted by Gasteiger charge is -2.32. The summed E-state index contributed by atoms with van der Waals surface area (Å²) in [7, 11) is 0. The van der Waals surface area contributed by atoms with Gasteiger partial charge in [-0.15, -0.1) is 0 Å². The third kappa shape index (κ3) is 4.32. The zero-order valence-electron chi connectivity index (χ0n) is 12.8. The third-order valence-corrected chi connectivity index (χ3v) is 2.72. The molecule has 0 saturated carbocycles. The SMILES string of the molecule is CC(C)(C)C(=Nc1ccc(C(F)(F)F)cn1)C(C)(C)C. The Kier molecular flexibility index (Phi) is 4.32. The lowest BCUT2D eigenvalue weighted by Crippen LogP contribution is -2.32. The van der Waals surface area contributed by atoms with E-state index in [1.165, 1.54) is 6.07 Å². The first-order chi connectivity index (χ1) is 8.82. The highest BCUT2D eigenvalue weighted by molar-refractivity contribution is 5.95. The molecule has 0 saturated heterocycles. The van der Waals surface area contributed by atoms with Crippen LogP contribution < -0.4 is 0 Å². The van der Waals surface area contributed by atoms with E-state index in [4.69, 9.17) is 0 Å². The van der Waals surface area contributed by atoms with Gasteiger partial charge < -0.3 is 0 Å². The molecule has 0 spiro atoms. The molecule has 1 rings (SSSR count). The van der Waals surface area contributed by atoms with E-state index in [9.17, 15) is 13.2 Å². The Bertz CT molecular complexity index is 470. The van der Waals surface area contributed by atoms with Crippen molar-refractivity contribution in [3.05, 3.63) is 23.9 Å². The van der Waals surface area contributed by atoms with Crippen LogP contribution in [0.2, 0.25) is 0 Å². The number of hydrogen-bond donors (Lipinski definition) is 0. The normalized spacial score (nSPS) is 13.2. The molecule has 1 aromatic heterocycles. The minimum atomic E-state index is -4.37. The molecule has 1 aromatic rings. The Hall–Kier alpha value is -1.39. The molecule has 1 heterocycles. The first-order valence-corrected chi connectivity index (χ1v) is 6.45. The first-order valence-electron chi connectivity index (χ1n) is 6.45. The number of halogens is 3. The molecule has 2 nitrogen and oxygen atoms in total. The van der Waals surface area contributed by atoms with Crippen LogP contribution in [0.5, 0.6) is 0 Å². The van der Waals surface area contributed by atoms with Crippen LogP contribution in [0.4, 0.5) is 19.0 Å². The van der Waals surface area contributed by atoms with Crippen molar-refractivity contribution in [3.63, 3.8) is 0 Å². The van der Waals surface area contributed by atoms with Gasteiger partial charge in [0, 0.05) is 22.7 Å². The van der Waals surface area contributed by atoms with Crippen molar-refractivity contribution < 1.29 is 13.2 Å². The molecular formula is C15H21F3N2. The van der Waals surface area contributed by atoms with Crippen LogP contribution in [-0.4, -0.2) is 10.7 Å². The molecular weight excluding hydrogens is 265 g/mol. The molecule has 0 aromatic carbocycles. The van der Waals surface area contributed by atoms with E-state index < -0.39 is 11.7 Å². The van der Waals surface area contributed by atoms with E-state index in [2.05, 4.69) is 9.98 Å². The Balaban J connectivity index is 3.20. The third-order valence-electron chi connectivity index (χ3n) is 2.72. The van der Waals surface area contributed by atoms with Gasteiger partial charge >= 0.3 is 6.18 Å². The van der Waals surface area contributed by atoms with Crippen molar-refractivity contribution in [2.75, 3.05) is 0 Å². The van der Waals surface area contributed by atoms with E-state index >= 15 is 0 Å². The molecule has 0 atom stereocenters.